The Morgan fingerprint density at radius 1 is 1.15 bits per heavy atom. The molecular weight excluding hydrogens is 460 g/mol. The zero-order valence-electron chi connectivity index (χ0n) is 17.3. The Morgan fingerprint density at radius 3 is 2.55 bits per heavy atom. The Hall–Kier alpha value is -3.34. The van der Waals surface area contributed by atoms with Crippen LogP contribution in [0.4, 0.5) is 19.4 Å². The van der Waals surface area contributed by atoms with Gasteiger partial charge in [0.15, 0.2) is 12.4 Å². The molecule has 12 heteroatoms. The third-order valence-electron chi connectivity index (χ3n) is 5.70. The minimum absolute atomic E-state index is 0.0174. The Bertz CT molecular complexity index is 1100. The molecule has 0 radical (unpaired) electrons. The normalized spacial score (nSPS) is 15.6. The summed E-state index contributed by atoms with van der Waals surface area (Å²) in [5.74, 6) is 0.595. The molecule has 174 valence electrons. The fraction of sp³-hybridized carbons (Fsp3) is 0.381. The van der Waals surface area contributed by atoms with Crippen LogP contribution in [-0.4, -0.2) is 51.2 Å². The topological polar surface area (TPSA) is 114 Å². The molecule has 3 heterocycles. The van der Waals surface area contributed by atoms with E-state index in [9.17, 15) is 13.6 Å². The molecular formula is C21H20ClF2N5O4. The van der Waals surface area contributed by atoms with E-state index in [0.29, 0.717) is 29.6 Å². The first-order valence-corrected chi connectivity index (χ1v) is 10.5. The zero-order chi connectivity index (χ0) is 23.4. The number of hydrogen-bond acceptors (Lipinski definition) is 8. The number of benzene rings is 1. The molecule has 9 nitrogen and oxygen atoms in total. The van der Waals surface area contributed by atoms with Gasteiger partial charge in [0.05, 0.1) is 0 Å². The predicted molar refractivity (Wildman–Crippen MR) is 113 cm³/mol. The molecule has 1 aliphatic heterocycles. The summed E-state index contributed by atoms with van der Waals surface area (Å²) in [7, 11) is 0. The molecule has 1 aromatic carbocycles. The summed E-state index contributed by atoms with van der Waals surface area (Å²) in [5.41, 5.74) is -0.122. The number of rotatable bonds is 7. The van der Waals surface area contributed by atoms with Crippen molar-refractivity contribution in [3.63, 3.8) is 0 Å². The lowest BCUT2D eigenvalue weighted by Gasteiger charge is -2.41. The van der Waals surface area contributed by atoms with E-state index in [0.717, 1.165) is 5.56 Å². The number of alkyl halides is 2. The van der Waals surface area contributed by atoms with Crippen molar-refractivity contribution in [1.29, 1.82) is 0 Å². The van der Waals surface area contributed by atoms with Crippen molar-refractivity contribution in [2.45, 2.75) is 32.3 Å². The Morgan fingerprint density at radius 2 is 1.91 bits per heavy atom. The van der Waals surface area contributed by atoms with Crippen LogP contribution in [0.25, 0.3) is 11.6 Å². The lowest BCUT2D eigenvalue weighted by atomic mass is 9.74. The standard InChI is InChI=1S/C21H20ClF2N5O4/c22-14-4-2-1-3-13(14)11-21(19(23)24)7-9-29(10-8-21)16-6-5-15(25-26-16)18-28-27-17(33-18)12-32-20(30)31/h1-6,19H,7-12H2,(H,30,31). The van der Waals surface area contributed by atoms with Gasteiger partial charge in [-0.15, -0.1) is 20.4 Å². The van der Waals surface area contributed by atoms with E-state index in [1.54, 1.807) is 36.4 Å². The number of nitrogens with zero attached hydrogens (tertiary/aromatic N) is 5. The van der Waals surface area contributed by atoms with E-state index in [4.69, 9.17) is 21.1 Å². The summed E-state index contributed by atoms with van der Waals surface area (Å²) in [4.78, 5) is 12.3. The molecule has 1 N–H and O–H groups in total. The molecule has 33 heavy (non-hydrogen) atoms. The fourth-order valence-electron chi connectivity index (χ4n) is 3.82. The molecule has 0 spiro atoms. The molecule has 1 aliphatic rings. The summed E-state index contributed by atoms with van der Waals surface area (Å²) < 4.78 is 37.9. The van der Waals surface area contributed by atoms with Crippen molar-refractivity contribution in [3.05, 3.63) is 52.9 Å². The van der Waals surface area contributed by atoms with E-state index in [-0.39, 0.29) is 37.7 Å². The highest BCUT2D eigenvalue weighted by atomic mass is 35.5. The molecule has 1 saturated heterocycles. The lowest BCUT2D eigenvalue weighted by Crippen LogP contribution is -2.45. The zero-order valence-corrected chi connectivity index (χ0v) is 18.1. The monoisotopic (exact) mass is 479 g/mol. The Balaban J connectivity index is 1.41. The highest BCUT2D eigenvalue weighted by molar-refractivity contribution is 6.31. The van der Waals surface area contributed by atoms with Gasteiger partial charge in [-0.2, -0.15) is 0 Å². The van der Waals surface area contributed by atoms with Gasteiger partial charge in [-0.3, -0.25) is 0 Å². The molecule has 1 fully saturated rings. The summed E-state index contributed by atoms with van der Waals surface area (Å²) in [6.07, 6.45) is -3.14. The molecule has 0 saturated carbocycles. The van der Waals surface area contributed by atoms with Gasteiger partial charge >= 0.3 is 6.16 Å². The van der Waals surface area contributed by atoms with Gasteiger partial charge in [-0.05, 0) is 43.0 Å². The maximum absolute atomic E-state index is 14.1. The third-order valence-corrected chi connectivity index (χ3v) is 6.07. The summed E-state index contributed by atoms with van der Waals surface area (Å²) >= 11 is 6.21. The second-order valence-corrected chi connectivity index (χ2v) is 8.16. The number of carbonyl (C=O) groups is 1. The van der Waals surface area contributed by atoms with Crippen molar-refractivity contribution in [3.8, 4) is 11.6 Å². The van der Waals surface area contributed by atoms with Crippen molar-refractivity contribution < 1.29 is 27.8 Å². The summed E-state index contributed by atoms with van der Waals surface area (Å²) in [6.45, 7) is 0.432. The largest absolute Gasteiger partial charge is 0.506 e. The minimum atomic E-state index is -2.47. The number of ether oxygens (including phenoxy) is 1. The fourth-order valence-corrected chi connectivity index (χ4v) is 4.02. The Kier molecular flexibility index (Phi) is 6.68. The van der Waals surface area contributed by atoms with Crippen LogP contribution >= 0.6 is 11.6 Å². The number of carboxylic acid groups (broad SMARTS) is 1. The summed E-state index contributed by atoms with van der Waals surface area (Å²) in [6, 6.07) is 10.4. The SMILES string of the molecule is O=C(O)OCc1nnc(-c2ccc(N3CCC(Cc4ccccc4Cl)(C(F)F)CC3)nn2)o1. The highest BCUT2D eigenvalue weighted by Gasteiger charge is 2.43. The average molecular weight is 480 g/mol. The van der Waals surface area contributed by atoms with Gasteiger partial charge in [0.2, 0.25) is 6.43 Å². The maximum atomic E-state index is 14.1. The molecule has 0 aliphatic carbocycles. The molecule has 3 aromatic rings. The number of anilines is 1. The van der Waals surface area contributed by atoms with E-state index in [2.05, 4.69) is 25.1 Å². The van der Waals surface area contributed by atoms with Crippen molar-refractivity contribution in [2.75, 3.05) is 18.0 Å². The molecule has 4 rings (SSSR count). The first-order chi connectivity index (χ1) is 15.9. The lowest BCUT2D eigenvalue weighted by molar-refractivity contribution is -0.0225. The van der Waals surface area contributed by atoms with E-state index in [1.807, 2.05) is 4.90 Å². The summed E-state index contributed by atoms with van der Waals surface area (Å²) in [5, 5.41) is 24.7. The van der Waals surface area contributed by atoms with Crippen molar-refractivity contribution in [1.82, 2.24) is 20.4 Å². The molecule has 0 unspecified atom stereocenters. The van der Waals surface area contributed by atoms with Crippen molar-refractivity contribution >= 4 is 23.6 Å². The van der Waals surface area contributed by atoms with Gasteiger partial charge in [-0.1, -0.05) is 29.8 Å². The molecule has 2 aromatic heterocycles. The van der Waals surface area contributed by atoms with Crippen LogP contribution in [0.1, 0.15) is 24.3 Å². The van der Waals surface area contributed by atoms with Crippen molar-refractivity contribution in [2.24, 2.45) is 5.41 Å². The quantitative estimate of drug-likeness (QED) is 0.490. The molecule has 0 amide bonds. The second kappa shape index (κ2) is 9.65. The minimum Gasteiger partial charge on any atom is -0.450 e. The van der Waals surface area contributed by atoms with Crippen LogP contribution in [-0.2, 0) is 17.8 Å². The van der Waals surface area contributed by atoms with Crippen LogP contribution in [0.5, 0.6) is 0 Å². The Labute approximate surface area is 192 Å². The molecule has 0 bridgehead atoms. The first kappa shape index (κ1) is 22.8. The third kappa shape index (κ3) is 5.19. The van der Waals surface area contributed by atoms with Gasteiger partial charge in [0.1, 0.15) is 5.69 Å². The second-order valence-electron chi connectivity index (χ2n) is 7.75. The number of piperidine rings is 1. The van der Waals surface area contributed by atoms with Crippen LogP contribution in [0.2, 0.25) is 5.02 Å². The molecule has 0 atom stereocenters. The van der Waals surface area contributed by atoms with E-state index in [1.165, 1.54) is 0 Å². The number of halogens is 3. The van der Waals surface area contributed by atoms with Gasteiger partial charge in [-0.25, -0.2) is 13.6 Å². The van der Waals surface area contributed by atoms with E-state index < -0.39 is 18.0 Å². The smallest absolute Gasteiger partial charge is 0.450 e. The van der Waals surface area contributed by atoms with Gasteiger partial charge < -0.3 is 19.2 Å². The predicted octanol–water partition coefficient (Wildman–Crippen LogP) is 4.47. The maximum Gasteiger partial charge on any atom is 0.506 e. The van der Waals surface area contributed by atoms with E-state index >= 15 is 0 Å². The number of aromatic nitrogens is 4. The van der Waals surface area contributed by atoms with Crippen LogP contribution in [0, 0.1) is 5.41 Å². The van der Waals surface area contributed by atoms with Gasteiger partial charge in [0, 0.05) is 23.5 Å². The highest BCUT2D eigenvalue weighted by Crippen LogP contribution is 2.42. The number of hydrogen-bond donors (Lipinski definition) is 1. The average Bonchev–Trinajstić information content (AvgIpc) is 3.29. The van der Waals surface area contributed by atoms with Crippen LogP contribution in [0.3, 0.4) is 0 Å². The van der Waals surface area contributed by atoms with Crippen LogP contribution < -0.4 is 4.90 Å². The first-order valence-electron chi connectivity index (χ1n) is 10.1. The van der Waals surface area contributed by atoms with Crippen LogP contribution in [0.15, 0.2) is 40.8 Å². The van der Waals surface area contributed by atoms with Gasteiger partial charge in [0.25, 0.3) is 11.8 Å².